The van der Waals surface area contributed by atoms with Crippen molar-refractivity contribution in [3.05, 3.63) is 59.8 Å². The van der Waals surface area contributed by atoms with E-state index in [0.29, 0.717) is 12.2 Å². The molecular weight excluding hydrogens is 542 g/mol. The number of fused-ring (bicyclic) bond motifs is 2. The minimum absolute atomic E-state index is 0.0734. The number of likely N-dealkylation sites (N-methyl/N-ethyl adjacent to an activating group) is 1. The van der Waals surface area contributed by atoms with Gasteiger partial charge in [0.15, 0.2) is 0 Å². The standard InChI is InChI=1S/C25H29BIN4O3/c1-15(2)24-25(33)30-18(14-32)11-17-5-6-19(12-22(17)31(24)3)34-23-8-9-28-21-10-16(13-29-27-26)4-7-20(21)23/h4-10,12,15,18,24,29,32H,11,13-14H2,1-3H3,(H,30,33)/q-1/t18-,24-/m0/s1. The van der Waals surface area contributed by atoms with Crippen LogP contribution in [-0.4, -0.2) is 47.4 Å². The second kappa shape index (κ2) is 10.9. The van der Waals surface area contributed by atoms with Gasteiger partial charge in [-0.25, -0.2) is 0 Å². The summed E-state index contributed by atoms with van der Waals surface area (Å²) in [5.74, 6) is 1.42. The van der Waals surface area contributed by atoms with Gasteiger partial charge in [-0.05, 0) is 12.3 Å². The number of anilines is 1. The van der Waals surface area contributed by atoms with Crippen LogP contribution in [0.1, 0.15) is 25.0 Å². The van der Waals surface area contributed by atoms with Gasteiger partial charge < -0.3 is 10.4 Å². The normalized spacial score (nSPS) is 18.5. The van der Waals surface area contributed by atoms with E-state index < -0.39 is 21.3 Å². The van der Waals surface area contributed by atoms with E-state index in [0.717, 1.165) is 40.0 Å². The van der Waals surface area contributed by atoms with Gasteiger partial charge >= 0.3 is 140 Å². The molecule has 0 saturated carbocycles. The summed E-state index contributed by atoms with van der Waals surface area (Å²) in [7, 11) is 1.94. The summed E-state index contributed by atoms with van der Waals surface area (Å²) in [4.78, 5) is 19.4. The summed E-state index contributed by atoms with van der Waals surface area (Å²) in [5.41, 5.74) is 9.62. The fourth-order valence-corrected chi connectivity index (χ4v) is 5.17. The van der Waals surface area contributed by atoms with E-state index in [1.54, 1.807) is 6.20 Å². The van der Waals surface area contributed by atoms with Crippen molar-refractivity contribution in [1.29, 1.82) is 0 Å². The quantitative estimate of drug-likeness (QED) is 0.205. The van der Waals surface area contributed by atoms with E-state index in [4.69, 9.17) is 10.4 Å². The zero-order valence-electron chi connectivity index (χ0n) is 19.6. The molecule has 2 heterocycles. The van der Waals surface area contributed by atoms with Crippen LogP contribution in [-0.2, 0) is 17.8 Å². The number of aromatic nitrogens is 1. The van der Waals surface area contributed by atoms with Crippen molar-refractivity contribution >= 4 is 28.2 Å². The number of hydrogen-bond donors (Lipinski definition) is 3. The van der Waals surface area contributed by atoms with Crippen molar-refractivity contribution in [1.82, 2.24) is 13.8 Å². The fraction of sp³-hybridized carbons (Fsp3) is 0.360. The van der Waals surface area contributed by atoms with Crippen molar-refractivity contribution in [2.75, 3.05) is 18.6 Å². The van der Waals surface area contributed by atoms with Gasteiger partial charge in [0.1, 0.15) is 6.04 Å². The zero-order valence-corrected chi connectivity index (χ0v) is 21.7. The van der Waals surface area contributed by atoms with Crippen LogP contribution in [0.25, 0.3) is 10.9 Å². The number of aliphatic hydroxyl groups excluding tert-OH is 1. The number of pyridine rings is 1. The van der Waals surface area contributed by atoms with Crippen LogP contribution in [0.15, 0.2) is 48.7 Å². The first-order valence-corrected chi connectivity index (χ1v) is 13.6. The molecule has 7 nitrogen and oxygen atoms in total. The molecule has 0 aliphatic carbocycles. The third-order valence-corrected chi connectivity index (χ3v) is 6.95. The van der Waals surface area contributed by atoms with E-state index in [1.165, 1.54) is 0 Å². The van der Waals surface area contributed by atoms with Crippen molar-refractivity contribution in [2.45, 2.75) is 38.9 Å². The van der Waals surface area contributed by atoms with Crippen LogP contribution < -0.4 is 39.7 Å². The summed E-state index contributed by atoms with van der Waals surface area (Å²) in [6.45, 7) is 4.67. The third-order valence-electron chi connectivity index (χ3n) is 6.13. The molecule has 1 aromatic heterocycles. The molecule has 9 heteroatoms. The number of halogens is 1. The van der Waals surface area contributed by atoms with E-state index >= 15 is 0 Å². The Bertz CT molecular complexity index is 1180. The molecule has 0 spiro atoms. The van der Waals surface area contributed by atoms with E-state index in [-0.39, 0.29) is 30.5 Å². The summed E-state index contributed by atoms with van der Waals surface area (Å²) in [6, 6.07) is 13.2. The third kappa shape index (κ3) is 5.31. The molecule has 0 saturated heterocycles. The molecule has 4 rings (SSSR count). The monoisotopic (exact) mass is 571 g/mol. The second-order valence-corrected chi connectivity index (χ2v) is 10.3. The topological polar surface area (TPSA) is 86.7 Å². The number of ether oxygens (including phenoxy) is 1. The maximum atomic E-state index is 12.9. The van der Waals surface area contributed by atoms with Gasteiger partial charge in [-0.15, -0.1) is 0 Å². The van der Waals surface area contributed by atoms with Crippen LogP contribution in [0, 0.1) is 5.92 Å². The Hall–Kier alpha value is -2.37. The molecule has 178 valence electrons. The number of rotatable bonds is 7. The fourth-order valence-electron chi connectivity index (χ4n) is 4.51. The maximum absolute atomic E-state index is 12.9. The van der Waals surface area contributed by atoms with Gasteiger partial charge in [0.05, 0.1) is 12.6 Å². The van der Waals surface area contributed by atoms with Crippen LogP contribution in [0.4, 0.5) is 5.69 Å². The van der Waals surface area contributed by atoms with Gasteiger partial charge in [0.25, 0.3) is 0 Å². The molecule has 3 aromatic rings. The number of benzene rings is 2. The number of hydrogen-bond acceptors (Lipinski definition) is 6. The Morgan fingerprint density at radius 1 is 1.29 bits per heavy atom. The molecule has 34 heavy (non-hydrogen) atoms. The Kier molecular flexibility index (Phi) is 7.95. The minimum atomic E-state index is -0.468. The van der Waals surface area contributed by atoms with Crippen LogP contribution in [0.5, 0.6) is 11.5 Å². The molecular formula is C25H29BIN4O3-. The average molecular weight is 571 g/mol. The average Bonchev–Trinajstić information content (AvgIpc) is 2.82. The molecule has 0 unspecified atom stereocenters. The Morgan fingerprint density at radius 3 is 2.85 bits per heavy atom. The van der Waals surface area contributed by atoms with Crippen molar-refractivity contribution in [3.8, 4) is 11.5 Å². The second-order valence-electron chi connectivity index (χ2n) is 8.86. The number of nitrogens with zero attached hydrogens (tertiary/aromatic N) is 2. The van der Waals surface area contributed by atoms with Gasteiger partial charge in [0, 0.05) is 7.05 Å². The van der Waals surface area contributed by atoms with Gasteiger partial charge in [-0.2, -0.15) is 0 Å². The first kappa shape index (κ1) is 24.7. The molecule has 3 N–H and O–H groups in total. The number of nitrogens with one attached hydrogen (secondary N) is 2. The number of aliphatic hydroxyl groups is 1. The Morgan fingerprint density at radius 2 is 2.12 bits per heavy atom. The van der Waals surface area contributed by atoms with E-state index in [2.05, 4.69) is 19.9 Å². The predicted molar refractivity (Wildman–Crippen MR) is 131 cm³/mol. The van der Waals surface area contributed by atoms with Crippen molar-refractivity contribution in [2.24, 2.45) is 5.92 Å². The molecule has 0 fully saturated rings. The summed E-state index contributed by atoms with van der Waals surface area (Å²) in [5, 5.41) is 13.7. The first-order valence-electron chi connectivity index (χ1n) is 11.3. The first-order chi connectivity index (χ1) is 16.4. The predicted octanol–water partition coefficient (Wildman–Crippen LogP) is -0.302. The SMILES string of the molecule is [B][I-]NCc1ccc2c(Oc3ccc4c(c3)N(C)[C@@H](C(C)C)C(=O)N[C@H](CO)C4)ccnc2c1. The van der Waals surface area contributed by atoms with Crippen LogP contribution in [0.3, 0.4) is 0 Å². The molecule has 1 aliphatic heterocycles. The molecule has 2 aromatic carbocycles. The van der Waals surface area contributed by atoms with Crippen LogP contribution in [0.2, 0.25) is 0 Å². The van der Waals surface area contributed by atoms with Crippen LogP contribution >= 0.6 is 0 Å². The van der Waals surface area contributed by atoms with E-state index in [9.17, 15) is 9.90 Å². The van der Waals surface area contributed by atoms with Crippen molar-refractivity contribution in [3.63, 3.8) is 0 Å². The number of amides is 1. The number of carbonyl (C=O) groups excluding carboxylic acids is 1. The Labute approximate surface area is 212 Å². The zero-order chi connectivity index (χ0) is 24.2. The van der Waals surface area contributed by atoms with Gasteiger partial charge in [-0.1, -0.05) is 13.8 Å². The molecule has 1 aliphatic rings. The molecule has 0 bridgehead atoms. The summed E-state index contributed by atoms with van der Waals surface area (Å²) < 4.78 is 9.56. The summed E-state index contributed by atoms with van der Waals surface area (Å²) >= 11 is -0.468. The summed E-state index contributed by atoms with van der Waals surface area (Å²) in [6.07, 6.45) is 2.29. The number of carbonyl (C=O) groups is 1. The Balaban J connectivity index is 1.68. The molecule has 2 atom stereocenters. The van der Waals surface area contributed by atoms with Gasteiger partial charge in [-0.3, -0.25) is 4.79 Å². The molecule has 1 amide bonds. The van der Waals surface area contributed by atoms with Crippen molar-refractivity contribution < 1.29 is 35.9 Å². The molecule has 2 radical (unpaired) electrons. The van der Waals surface area contributed by atoms with Gasteiger partial charge in [0.2, 0.25) is 5.91 Å². The van der Waals surface area contributed by atoms with E-state index in [1.807, 2.05) is 62.2 Å².